The summed E-state index contributed by atoms with van der Waals surface area (Å²) in [5.41, 5.74) is 3.28. The molecule has 1 heterocycles. The van der Waals surface area contributed by atoms with Crippen LogP contribution in [0.15, 0.2) is 18.2 Å². The first-order valence-electron chi connectivity index (χ1n) is 4.36. The maximum absolute atomic E-state index is 11.3. The molecule has 1 aromatic carbocycles. The molecule has 0 saturated heterocycles. The molecule has 0 radical (unpaired) electrons. The number of hydrogen-bond donors (Lipinski definition) is 2. The highest BCUT2D eigenvalue weighted by atomic mass is 16.1. The van der Waals surface area contributed by atoms with Gasteiger partial charge < -0.3 is 10.6 Å². The first kappa shape index (κ1) is 8.26. The first-order chi connectivity index (χ1) is 6.31. The molecule has 0 atom stereocenters. The van der Waals surface area contributed by atoms with Gasteiger partial charge in [-0.2, -0.15) is 0 Å². The molecule has 0 spiro atoms. The van der Waals surface area contributed by atoms with Gasteiger partial charge in [-0.15, -0.1) is 0 Å². The third-order valence-electron chi connectivity index (χ3n) is 2.33. The summed E-state index contributed by atoms with van der Waals surface area (Å²) in [5, 5.41) is 5.85. The lowest BCUT2D eigenvalue weighted by Gasteiger charge is -2.02. The zero-order chi connectivity index (χ0) is 9.26. The molecular weight excluding hydrogens is 164 g/mol. The fourth-order valence-electron chi connectivity index (χ4n) is 1.58. The van der Waals surface area contributed by atoms with Crippen molar-refractivity contribution in [2.45, 2.75) is 13.1 Å². The van der Waals surface area contributed by atoms with E-state index in [2.05, 4.69) is 10.6 Å². The van der Waals surface area contributed by atoms with Crippen molar-refractivity contribution in [2.24, 2.45) is 0 Å². The normalized spacial score (nSPS) is 13.9. The fraction of sp³-hybridized carbons (Fsp3) is 0.300. The highest BCUT2D eigenvalue weighted by Gasteiger charge is 2.12. The van der Waals surface area contributed by atoms with Gasteiger partial charge in [0.25, 0.3) is 5.91 Å². The molecule has 3 nitrogen and oxygen atoms in total. The highest BCUT2D eigenvalue weighted by Crippen LogP contribution is 2.16. The molecule has 1 aromatic rings. The summed E-state index contributed by atoms with van der Waals surface area (Å²) >= 11 is 0. The van der Waals surface area contributed by atoms with Crippen LogP contribution in [0.3, 0.4) is 0 Å². The van der Waals surface area contributed by atoms with Crippen molar-refractivity contribution >= 4 is 5.91 Å². The van der Waals surface area contributed by atoms with E-state index < -0.39 is 0 Å². The number of benzene rings is 1. The first-order valence-corrected chi connectivity index (χ1v) is 4.36. The summed E-state index contributed by atoms with van der Waals surface area (Å²) < 4.78 is 0. The number of carbonyl (C=O) groups is 1. The summed E-state index contributed by atoms with van der Waals surface area (Å²) in [7, 11) is 1.65. The lowest BCUT2D eigenvalue weighted by Crippen LogP contribution is -2.17. The Morgan fingerprint density at radius 1 is 1.38 bits per heavy atom. The Morgan fingerprint density at radius 2 is 2.15 bits per heavy atom. The number of rotatable bonds is 1. The van der Waals surface area contributed by atoms with Gasteiger partial charge in [0.15, 0.2) is 0 Å². The van der Waals surface area contributed by atoms with E-state index in [1.54, 1.807) is 7.05 Å². The Hall–Kier alpha value is -1.35. The molecule has 0 bridgehead atoms. The van der Waals surface area contributed by atoms with Crippen LogP contribution in [0.1, 0.15) is 21.5 Å². The van der Waals surface area contributed by atoms with Crippen LogP contribution in [-0.2, 0) is 13.1 Å². The van der Waals surface area contributed by atoms with Gasteiger partial charge in [-0.1, -0.05) is 6.07 Å². The van der Waals surface area contributed by atoms with Gasteiger partial charge in [0, 0.05) is 25.7 Å². The third kappa shape index (κ3) is 1.42. The molecule has 0 fully saturated rings. The van der Waals surface area contributed by atoms with Crippen molar-refractivity contribution in [3.63, 3.8) is 0 Å². The van der Waals surface area contributed by atoms with Gasteiger partial charge in [-0.25, -0.2) is 0 Å². The van der Waals surface area contributed by atoms with Crippen molar-refractivity contribution < 1.29 is 4.79 Å². The average molecular weight is 176 g/mol. The van der Waals surface area contributed by atoms with Gasteiger partial charge in [0.2, 0.25) is 0 Å². The Balaban J connectivity index is 2.36. The van der Waals surface area contributed by atoms with Crippen LogP contribution >= 0.6 is 0 Å². The largest absolute Gasteiger partial charge is 0.355 e. The number of amides is 1. The van der Waals surface area contributed by atoms with Crippen LogP contribution in [-0.4, -0.2) is 13.0 Å². The van der Waals surface area contributed by atoms with E-state index in [1.165, 1.54) is 11.1 Å². The second-order valence-corrected chi connectivity index (χ2v) is 3.17. The zero-order valence-electron chi connectivity index (χ0n) is 7.55. The molecular formula is C10H12N2O. The van der Waals surface area contributed by atoms with Gasteiger partial charge in [-0.3, -0.25) is 4.79 Å². The molecule has 1 amide bonds. The highest BCUT2D eigenvalue weighted by molar-refractivity contribution is 5.94. The molecule has 0 saturated carbocycles. The van der Waals surface area contributed by atoms with Crippen molar-refractivity contribution in [3.05, 3.63) is 34.9 Å². The molecule has 1 aliphatic rings. The van der Waals surface area contributed by atoms with E-state index in [4.69, 9.17) is 0 Å². The van der Waals surface area contributed by atoms with E-state index in [0.29, 0.717) is 0 Å². The maximum Gasteiger partial charge on any atom is 0.251 e. The number of carbonyl (C=O) groups excluding carboxylic acids is 1. The summed E-state index contributed by atoms with van der Waals surface area (Å²) in [4.78, 5) is 11.3. The molecule has 0 aliphatic carbocycles. The predicted octanol–water partition coefficient (Wildman–Crippen LogP) is 0.649. The second-order valence-electron chi connectivity index (χ2n) is 3.17. The van der Waals surface area contributed by atoms with E-state index in [9.17, 15) is 4.79 Å². The maximum atomic E-state index is 11.3. The zero-order valence-corrected chi connectivity index (χ0v) is 7.55. The van der Waals surface area contributed by atoms with Crippen molar-refractivity contribution in [1.82, 2.24) is 10.6 Å². The third-order valence-corrected chi connectivity index (χ3v) is 2.33. The lowest BCUT2D eigenvalue weighted by molar-refractivity contribution is 0.0963. The number of nitrogens with one attached hydrogen (secondary N) is 2. The lowest BCUT2D eigenvalue weighted by atomic mass is 10.1. The average Bonchev–Trinajstić information content (AvgIpc) is 2.63. The minimum absolute atomic E-state index is 0.0188. The minimum Gasteiger partial charge on any atom is -0.355 e. The molecule has 2 rings (SSSR count). The minimum atomic E-state index is -0.0188. The van der Waals surface area contributed by atoms with Gasteiger partial charge in [0.05, 0.1) is 0 Å². The Kier molecular flexibility index (Phi) is 2.02. The Bertz CT molecular complexity index is 347. The molecule has 1 aliphatic heterocycles. The molecule has 0 unspecified atom stereocenters. The molecule has 3 heteroatoms. The van der Waals surface area contributed by atoms with Crippen LogP contribution in [0.5, 0.6) is 0 Å². The van der Waals surface area contributed by atoms with E-state index in [1.807, 2.05) is 18.2 Å². The molecule has 0 aromatic heterocycles. The van der Waals surface area contributed by atoms with Crippen LogP contribution in [0.25, 0.3) is 0 Å². The smallest absolute Gasteiger partial charge is 0.251 e. The Morgan fingerprint density at radius 3 is 2.92 bits per heavy atom. The quantitative estimate of drug-likeness (QED) is 0.659. The van der Waals surface area contributed by atoms with Crippen LogP contribution in [0, 0.1) is 0 Å². The standard InChI is InChI=1S/C10H12N2O/c1-11-10(13)7-2-3-8-5-12-6-9(8)4-7/h2-4,12H,5-6H2,1H3,(H,11,13). The predicted molar refractivity (Wildman–Crippen MR) is 50.4 cm³/mol. The number of fused-ring (bicyclic) bond motifs is 1. The van der Waals surface area contributed by atoms with Crippen molar-refractivity contribution in [3.8, 4) is 0 Å². The van der Waals surface area contributed by atoms with E-state index >= 15 is 0 Å². The summed E-state index contributed by atoms with van der Waals surface area (Å²) in [6, 6.07) is 5.83. The summed E-state index contributed by atoms with van der Waals surface area (Å²) in [6.07, 6.45) is 0. The van der Waals surface area contributed by atoms with Crippen LogP contribution < -0.4 is 10.6 Å². The van der Waals surface area contributed by atoms with E-state index in [-0.39, 0.29) is 5.91 Å². The SMILES string of the molecule is CNC(=O)c1ccc2c(c1)CNC2. The summed E-state index contributed by atoms with van der Waals surface area (Å²) in [6.45, 7) is 1.80. The van der Waals surface area contributed by atoms with Crippen LogP contribution in [0.2, 0.25) is 0 Å². The molecule has 68 valence electrons. The van der Waals surface area contributed by atoms with Crippen molar-refractivity contribution in [1.29, 1.82) is 0 Å². The van der Waals surface area contributed by atoms with Crippen molar-refractivity contribution in [2.75, 3.05) is 7.05 Å². The molecule has 2 N–H and O–H groups in total. The molecule has 13 heavy (non-hydrogen) atoms. The van der Waals surface area contributed by atoms with Gasteiger partial charge >= 0.3 is 0 Å². The Labute approximate surface area is 77.1 Å². The summed E-state index contributed by atoms with van der Waals surface area (Å²) in [5.74, 6) is -0.0188. The fourth-order valence-corrected chi connectivity index (χ4v) is 1.58. The van der Waals surface area contributed by atoms with Gasteiger partial charge in [-0.05, 0) is 23.3 Å². The number of hydrogen-bond acceptors (Lipinski definition) is 2. The van der Waals surface area contributed by atoms with Crippen LogP contribution in [0.4, 0.5) is 0 Å². The van der Waals surface area contributed by atoms with E-state index in [0.717, 1.165) is 18.7 Å². The monoisotopic (exact) mass is 176 g/mol. The second kappa shape index (κ2) is 3.18. The topological polar surface area (TPSA) is 41.1 Å². The van der Waals surface area contributed by atoms with Gasteiger partial charge in [0.1, 0.15) is 0 Å².